The molecule has 0 radical (unpaired) electrons. The molecule has 0 bridgehead atoms. The van der Waals surface area contributed by atoms with Crippen LogP contribution in [0.5, 0.6) is 11.5 Å². The second-order valence-corrected chi connectivity index (χ2v) is 9.49. The van der Waals surface area contributed by atoms with Gasteiger partial charge in [0.2, 0.25) is 11.8 Å². The number of methoxy groups -OCH3 is 1. The third kappa shape index (κ3) is 3.10. The molecular formula is C27H27NO6. The van der Waals surface area contributed by atoms with Crippen LogP contribution >= 0.6 is 0 Å². The molecule has 5 rings (SSSR count). The molecule has 1 aliphatic heterocycles. The largest absolute Gasteiger partial charge is 0.504 e. The number of amides is 2. The van der Waals surface area contributed by atoms with Gasteiger partial charge in [0.1, 0.15) is 0 Å². The summed E-state index contributed by atoms with van der Waals surface area (Å²) in [4.78, 5) is 54.2. The van der Waals surface area contributed by atoms with Gasteiger partial charge in [0.05, 0.1) is 18.9 Å². The van der Waals surface area contributed by atoms with Crippen molar-refractivity contribution < 1.29 is 29.0 Å². The molecule has 4 atom stereocenters. The highest BCUT2D eigenvalue weighted by Crippen LogP contribution is 2.55. The molecule has 0 aromatic heterocycles. The van der Waals surface area contributed by atoms with Gasteiger partial charge in [0.15, 0.2) is 23.1 Å². The maximum Gasteiger partial charge on any atom is 0.233 e. The van der Waals surface area contributed by atoms with Crippen LogP contribution in [0.1, 0.15) is 44.6 Å². The molecule has 0 unspecified atom stereocenters. The summed E-state index contributed by atoms with van der Waals surface area (Å²) in [7, 11) is 1.45. The van der Waals surface area contributed by atoms with Gasteiger partial charge in [-0.15, -0.1) is 0 Å². The summed E-state index contributed by atoms with van der Waals surface area (Å²) in [5.41, 5.74) is 2.83. The lowest BCUT2D eigenvalue weighted by molar-refractivity contribution is -0.140. The number of imide groups is 1. The average molecular weight is 462 g/mol. The van der Waals surface area contributed by atoms with E-state index in [-0.39, 0.29) is 47.2 Å². The fourth-order valence-electron chi connectivity index (χ4n) is 6.14. The molecule has 4 aliphatic rings. The fourth-order valence-corrected chi connectivity index (χ4v) is 6.14. The van der Waals surface area contributed by atoms with Crippen LogP contribution in [0, 0.1) is 17.8 Å². The van der Waals surface area contributed by atoms with Gasteiger partial charge >= 0.3 is 0 Å². The number of ether oxygens (including phenoxy) is 1. The number of likely N-dealkylation sites (tertiary alicyclic amines) is 1. The molecule has 7 heteroatoms. The first-order valence-electron chi connectivity index (χ1n) is 11.7. The smallest absolute Gasteiger partial charge is 0.233 e. The van der Waals surface area contributed by atoms with Crippen molar-refractivity contribution in [3.05, 3.63) is 58.2 Å². The van der Waals surface area contributed by atoms with E-state index in [1.165, 1.54) is 24.2 Å². The summed E-state index contributed by atoms with van der Waals surface area (Å²) in [6.45, 7) is 3.95. The Morgan fingerprint density at radius 2 is 1.88 bits per heavy atom. The molecule has 1 aromatic carbocycles. The summed E-state index contributed by atoms with van der Waals surface area (Å²) in [6.07, 6.45) is 4.74. The number of phenols is 1. The summed E-state index contributed by atoms with van der Waals surface area (Å²) in [6, 6.07) is 4.90. The molecular weight excluding hydrogens is 434 g/mol. The molecule has 1 heterocycles. The van der Waals surface area contributed by atoms with Gasteiger partial charge in [0.25, 0.3) is 0 Å². The van der Waals surface area contributed by atoms with Crippen LogP contribution in [0.15, 0.2) is 52.6 Å². The molecule has 176 valence electrons. The van der Waals surface area contributed by atoms with Crippen molar-refractivity contribution in [3.8, 4) is 11.5 Å². The van der Waals surface area contributed by atoms with Crippen LogP contribution in [0.3, 0.4) is 0 Å². The van der Waals surface area contributed by atoms with Crippen LogP contribution in [0.25, 0.3) is 0 Å². The standard InChI is InChI=1S/C27H27NO6/c1-4-9-28-26(32)16-7-6-15-17(23(16)27(28)33)12-18-24(20(30)10-13(2)25(18)31)22(15)14-5-8-19(29)21(11-14)34-3/h5-6,8,10-11,16-17,22-23,29H,4,7,9,12H2,1-3H3/t16-,17+,22-,23-/m0/s1. The Morgan fingerprint density at radius 3 is 2.59 bits per heavy atom. The van der Waals surface area contributed by atoms with E-state index in [1.807, 2.05) is 13.0 Å². The maximum absolute atomic E-state index is 13.4. The lowest BCUT2D eigenvalue weighted by Crippen LogP contribution is -2.39. The summed E-state index contributed by atoms with van der Waals surface area (Å²) >= 11 is 0. The number of carbonyl (C=O) groups excluding carboxylic acids is 4. The van der Waals surface area contributed by atoms with Crippen molar-refractivity contribution in [2.75, 3.05) is 13.7 Å². The lowest BCUT2D eigenvalue weighted by atomic mass is 9.59. The van der Waals surface area contributed by atoms with Gasteiger partial charge < -0.3 is 9.84 Å². The number of carbonyl (C=O) groups is 4. The summed E-state index contributed by atoms with van der Waals surface area (Å²) < 4.78 is 5.30. The minimum Gasteiger partial charge on any atom is -0.504 e. The number of Topliss-reactive ketones (excluding diaryl/α,β-unsaturated/α-hetero) is 1. The quantitative estimate of drug-likeness (QED) is 0.420. The Labute approximate surface area is 197 Å². The van der Waals surface area contributed by atoms with Gasteiger partial charge in [-0.2, -0.15) is 0 Å². The Balaban J connectivity index is 1.68. The van der Waals surface area contributed by atoms with Crippen LogP contribution in [-0.4, -0.2) is 47.0 Å². The summed E-state index contributed by atoms with van der Waals surface area (Å²) in [5.74, 6) is -2.35. The number of phenolic OH excluding ortho intramolecular Hbond substituents is 1. The van der Waals surface area contributed by atoms with Crippen molar-refractivity contribution in [3.63, 3.8) is 0 Å². The van der Waals surface area contributed by atoms with Crippen molar-refractivity contribution in [1.82, 2.24) is 4.90 Å². The molecule has 1 aromatic rings. The predicted octanol–water partition coefficient (Wildman–Crippen LogP) is 3.24. The zero-order chi connectivity index (χ0) is 24.3. The first kappa shape index (κ1) is 22.3. The average Bonchev–Trinajstić information content (AvgIpc) is 3.07. The first-order valence-corrected chi connectivity index (χ1v) is 11.7. The zero-order valence-corrected chi connectivity index (χ0v) is 19.5. The van der Waals surface area contributed by atoms with Gasteiger partial charge in [0, 0.05) is 29.2 Å². The Kier molecular flexibility index (Phi) is 5.30. The number of aromatic hydroxyl groups is 1. The highest BCUT2D eigenvalue weighted by atomic mass is 16.5. The van der Waals surface area contributed by atoms with Crippen LogP contribution in [0.4, 0.5) is 0 Å². The highest BCUT2D eigenvalue weighted by Gasteiger charge is 2.56. The Morgan fingerprint density at radius 1 is 1.12 bits per heavy atom. The van der Waals surface area contributed by atoms with Crippen LogP contribution in [-0.2, 0) is 19.2 Å². The van der Waals surface area contributed by atoms with Crippen molar-refractivity contribution in [1.29, 1.82) is 0 Å². The normalized spacial score (nSPS) is 28.4. The fraction of sp³-hybridized carbons (Fsp3) is 0.407. The van der Waals surface area contributed by atoms with Crippen molar-refractivity contribution in [2.45, 2.75) is 39.0 Å². The molecule has 34 heavy (non-hydrogen) atoms. The minimum atomic E-state index is -0.548. The first-order chi connectivity index (χ1) is 16.3. The second kappa shape index (κ2) is 8.08. The van der Waals surface area contributed by atoms with Crippen molar-refractivity contribution in [2.24, 2.45) is 17.8 Å². The number of hydrogen-bond acceptors (Lipinski definition) is 6. The number of allylic oxidation sites excluding steroid dienone is 6. The van der Waals surface area contributed by atoms with E-state index in [0.29, 0.717) is 41.7 Å². The van der Waals surface area contributed by atoms with E-state index in [9.17, 15) is 24.3 Å². The van der Waals surface area contributed by atoms with E-state index in [0.717, 1.165) is 5.57 Å². The topological polar surface area (TPSA) is 101 Å². The number of ketones is 2. The molecule has 0 spiro atoms. The molecule has 3 aliphatic carbocycles. The van der Waals surface area contributed by atoms with Crippen LogP contribution in [0.2, 0.25) is 0 Å². The third-order valence-corrected chi connectivity index (χ3v) is 7.64. The maximum atomic E-state index is 13.4. The number of rotatable bonds is 4. The molecule has 1 saturated heterocycles. The van der Waals surface area contributed by atoms with Gasteiger partial charge in [-0.1, -0.05) is 24.6 Å². The molecule has 1 fully saturated rings. The molecule has 2 amide bonds. The molecule has 1 N–H and O–H groups in total. The van der Waals surface area contributed by atoms with Gasteiger partial charge in [-0.05, 0) is 55.9 Å². The minimum absolute atomic E-state index is 0.0286. The second-order valence-electron chi connectivity index (χ2n) is 9.49. The van der Waals surface area contributed by atoms with E-state index in [4.69, 9.17) is 4.74 Å². The zero-order valence-electron chi connectivity index (χ0n) is 19.5. The van der Waals surface area contributed by atoms with E-state index < -0.39 is 17.8 Å². The number of benzene rings is 1. The Bertz CT molecular complexity index is 1240. The third-order valence-electron chi connectivity index (χ3n) is 7.64. The van der Waals surface area contributed by atoms with E-state index >= 15 is 0 Å². The predicted molar refractivity (Wildman–Crippen MR) is 123 cm³/mol. The van der Waals surface area contributed by atoms with E-state index in [1.54, 1.807) is 19.1 Å². The van der Waals surface area contributed by atoms with Gasteiger partial charge in [-0.3, -0.25) is 24.1 Å². The number of nitrogens with zero attached hydrogens (tertiary/aromatic N) is 1. The molecule has 7 nitrogen and oxygen atoms in total. The summed E-state index contributed by atoms with van der Waals surface area (Å²) in [5, 5.41) is 10.1. The number of fused-ring (bicyclic) bond motifs is 3. The number of hydrogen-bond donors (Lipinski definition) is 1. The van der Waals surface area contributed by atoms with Crippen molar-refractivity contribution >= 4 is 23.4 Å². The van der Waals surface area contributed by atoms with Gasteiger partial charge in [-0.25, -0.2) is 0 Å². The van der Waals surface area contributed by atoms with E-state index in [2.05, 4.69) is 0 Å². The monoisotopic (exact) mass is 461 g/mol. The highest BCUT2D eigenvalue weighted by molar-refractivity contribution is 6.23. The van der Waals surface area contributed by atoms with Crippen LogP contribution < -0.4 is 4.74 Å². The Hall–Kier alpha value is -3.48. The lowest BCUT2D eigenvalue weighted by Gasteiger charge is -2.42. The molecule has 0 saturated carbocycles. The SMILES string of the molecule is CCCN1C(=O)[C@H]2[C@H](CC=C3[C@H](c4ccc(O)c(OC)c4)C4=C(C[C@H]32)C(=O)C(C)=CC4=O)C1=O.